The maximum absolute atomic E-state index is 6.32. The molecule has 0 spiro atoms. The number of aromatic nitrogens is 5. The van der Waals surface area contributed by atoms with Gasteiger partial charge < -0.3 is 30.9 Å². The SMILES string of the molecule is Nc1[nH]cc2ccc3cc(Oc4ncnc(Oc5cc6ccc7c[nH]c(N)c5c76)c5cncc4-5)c1c23. The van der Waals surface area contributed by atoms with Crippen LogP contribution in [0.5, 0.6) is 23.3 Å². The summed E-state index contributed by atoms with van der Waals surface area (Å²) >= 11 is 0. The van der Waals surface area contributed by atoms with Crippen LogP contribution in [-0.2, 0) is 0 Å². The highest BCUT2D eigenvalue weighted by Gasteiger charge is 2.23. The predicted molar refractivity (Wildman–Crippen MR) is 139 cm³/mol. The third kappa shape index (κ3) is 2.45. The van der Waals surface area contributed by atoms with Crippen LogP contribution in [0.15, 0.2) is 67.5 Å². The number of anilines is 2. The summed E-state index contributed by atoms with van der Waals surface area (Å²) in [5.74, 6) is 2.98. The van der Waals surface area contributed by atoms with Gasteiger partial charge in [-0.05, 0) is 33.7 Å². The van der Waals surface area contributed by atoms with Crippen molar-refractivity contribution in [2.45, 2.75) is 0 Å². The topological polar surface area (TPSA) is 141 Å². The van der Waals surface area contributed by atoms with E-state index in [1.807, 2.05) is 48.8 Å². The van der Waals surface area contributed by atoms with Crippen LogP contribution in [0, 0.1) is 0 Å². The first-order valence-corrected chi connectivity index (χ1v) is 11.3. The molecule has 172 valence electrons. The molecule has 0 radical (unpaired) electrons. The number of aromatic amines is 2. The van der Waals surface area contributed by atoms with Gasteiger partial charge in [-0.2, -0.15) is 0 Å². The first-order valence-electron chi connectivity index (χ1n) is 11.3. The summed E-state index contributed by atoms with van der Waals surface area (Å²) < 4.78 is 12.6. The van der Waals surface area contributed by atoms with Crippen LogP contribution in [0.3, 0.4) is 0 Å². The van der Waals surface area contributed by atoms with Crippen LogP contribution in [-0.4, -0.2) is 24.9 Å². The van der Waals surface area contributed by atoms with Gasteiger partial charge in [-0.15, -0.1) is 0 Å². The molecule has 36 heavy (non-hydrogen) atoms. The van der Waals surface area contributed by atoms with Crippen molar-refractivity contribution in [2.24, 2.45) is 0 Å². The second-order valence-electron chi connectivity index (χ2n) is 8.83. The summed E-state index contributed by atoms with van der Waals surface area (Å²) in [6, 6.07) is 12.1. The Bertz CT molecular complexity index is 1900. The molecule has 2 aliphatic heterocycles. The fourth-order valence-corrected chi connectivity index (χ4v) is 5.22. The van der Waals surface area contributed by atoms with E-state index in [4.69, 9.17) is 20.9 Å². The number of ether oxygens (including phenoxy) is 2. The molecule has 2 aromatic heterocycles. The van der Waals surface area contributed by atoms with Crippen molar-refractivity contribution in [3.8, 4) is 34.4 Å². The summed E-state index contributed by atoms with van der Waals surface area (Å²) in [5.41, 5.74) is 13.9. The molecule has 0 amide bonds. The summed E-state index contributed by atoms with van der Waals surface area (Å²) in [6.45, 7) is 0. The van der Waals surface area contributed by atoms with E-state index in [-0.39, 0.29) is 0 Å². The molecule has 2 aliphatic rings. The number of rotatable bonds is 4. The van der Waals surface area contributed by atoms with Crippen molar-refractivity contribution in [1.82, 2.24) is 24.9 Å². The smallest absolute Gasteiger partial charge is 0.230 e. The number of H-pyrrole nitrogens is 2. The Morgan fingerprint density at radius 3 is 1.58 bits per heavy atom. The lowest BCUT2D eigenvalue weighted by Crippen LogP contribution is -1.93. The monoisotopic (exact) mass is 471 g/mol. The van der Waals surface area contributed by atoms with Crippen molar-refractivity contribution in [1.29, 1.82) is 0 Å². The molecule has 0 bridgehead atoms. The largest absolute Gasteiger partial charge is 0.437 e. The van der Waals surface area contributed by atoms with Crippen molar-refractivity contribution < 1.29 is 9.47 Å². The van der Waals surface area contributed by atoms with E-state index >= 15 is 0 Å². The first kappa shape index (κ1) is 19.0. The van der Waals surface area contributed by atoms with Crippen molar-refractivity contribution >= 4 is 54.7 Å². The van der Waals surface area contributed by atoms with Crippen LogP contribution >= 0.6 is 0 Å². The van der Waals surface area contributed by atoms with Gasteiger partial charge in [0.2, 0.25) is 11.8 Å². The molecule has 9 heteroatoms. The lowest BCUT2D eigenvalue weighted by Gasteiger charge is -2.08. The minimum Gasteiger partial charge on any atom is -0.437 e. The van der Waals surface area contributed by atoms with Crippen LogP contribution in [0.1, 0.15) is 0 Å². The summed E-state index contributed by atoms with van der Waals surface area (Å²) in [4.78, 5) is 19.5. The minimum atomic E-state index is 0.352. The lowest BCUT2D eigenvalue weighted by molar-refractivity contribution is 0.472. The van der Waals surface area contributed by atoms with Gasteiger partial charge in [0, 0.05) is 35.6 Å². The molecule has 0 fully saturated rings. The van der Waals surface area contributed by atoms with Crippen LogP contribution in [0.25, 0.3) is 54.2 Å². The van der Waals surface area contributed by atoms with E-state index in [1.165, 1.54) is 6.33 Å². The molecule has 8 rings (SSSR count). The highest BCUT2D eigenvalue weighted by atomic mass is 16.5. The maximum Gasteiger partial charge on any atom is 0.230 e. The Balaban J connectivity index is 1.22. The number of nitrogens with zero attached hydrogens (tertiary/aromatic N) is 3. The van der Waals surface area contributed by atoms with Gasteiger partial charge in [-0.1, -0.05) is 24.3 Å². The third-order valence-corrected chi connectivity index (χ3v) is 6.83. The number of fused-ring (bicyclic) bond motifs is 1. The molecular weight excluding hydrogens is 454 g/mol. The van der Waals surface area contributed by atoms with Crippen LogP contribution in [0.4, 0.5) is 11.6 Å². The van der Waals surface area contributed by atoms with Crippen molar-refractivity contribution in [3.63, 3.8) is 0 Å². The second-order valence-corrected chi connectivity index (χ2v) is 8.83. The summed E-state index contributed by atoms with van der Waals surface area (Å²) in [6.07, 6.45) is 8.57. The van der Waals surface area contributed by atoms with Crippen molar-refractivity contribution in [3.05, 3.63) is 67.5 Å². The fraction of sp³-hybridized carbons (Fsp3) is 0. The Hall–Kier alpha value is -5.31. The van der Waals surface area contributed by atoms with Gasteiger partial charge >= 0.3 is 0 Å². The molecule has 4 heterocycles. The van der Waals surface area contributed by atoms with Gasteiger partial charge in [-0.3, -0.25) is 4.98 Å². The second kappa shape index (κ2) is 6.63. The Labute approximate surface area is 202 Å². The van der Waals surface area contributed by atoms with Gasteiger partial charge in [0.25, 0.3) is 0 Å². The Morgan fingerprint density at radius 1 is 0.611 bits per heavy atom. The number of nitrogen functional groups attached to an aromatic ring is 2. The summed E-state index contributed by atoms with van der Waals surface area (Å²) in [5, 5.41) is 8.00. The normalized spacial score (nSPS) is 12.1. The number of hydrogen-bond acceptors (Lipinski definition) is 7. The summed E-state index contributed by atoms with van der Waals surface area (Å²) in [7, 11) is 0. The van der Waals surface area contributed by atoms with Gasteiger partial charge in [-0.25, -0.2) is 9.97 Å². The van der Waals surface area contributed by atoms with Crippen LogP contribution < -0.4 is 20.9 Å². The van der Waals surface area contributed by atoms with E-state index in [0.717, 1.165) is 43.1 Å². The lowest BCUT2D eigenvalue weighted by atomic mass is 10.2. The van der Waals surface area contributed by atoms with E-state index in [2.05, 4.69) is 24.9 Å². The molecule has 6 aromatic rings. The zero-order valence-corrected chi connectivity index (χ0v) is 18.7. The molecule has 0 saturated heterocycles. The van der Waals surface area contributed by atoms with E-state index in [1.54, 1.807) is 12.4 Å². The van der Waals surface area contributed by atoms with Crippen molar-refractivity contribution in [2.75, 3.05) is 11.5 Å². The van der Waals surface area contributed by atoms with Gasteiger partial charge in [0.1, 0.15) is 29.5 Å². The standard InChI is InChI=1S/C27H17N7O2/c28-24-22-18(5-12-1-3-14(7-31-24)20(12)22)35-26-16-9-30-10-17(16)27(34-11-33-26)36-19-6-13-2-4-15-8-32-25(29)23(19)21(13)15/h1-11,31-32H,28-29H2. The molecule has 0 saturated carbocycles. The Kier molecular flexibility index (Phi) is 3.51. The van der Waals surface area contributed by atoms with Gasteiger partial charge in [0.15, 0.2) is 0 Å². The third-order valence-electron chi connectivity index (χ3n) is 6.83. The molecule has 9 nitrogen and oxygen atoms in total. The Morgan fingerprint density at radius 2 is 1.08 bits per heavy atom. The molecule has 6 N–H and O–H groups in total. The number of nitrogens with two attached hydrogens (primary N) is 2. The highest BCUT2D eigenvalue weighted by Crippen LogP contribution is 2.46. The molecule has 0 atom stereocenters. The molecular formula is C27H17N7O2. The molecule has 0 unspecified atom stereocenters. The molecule has 4 aromatic carbocycles. The first-order chi connectivity index (χ1) is 17.7. The van der Waals surface area contributed by atoms with Crippen LogP contribution in [0.2, 0.25) is 0 Å². The highest BCUT2D eigenvalue weighted by molar-refractivity contribution is 6.20. The van der Waals surface area contributed by atoms with E-state index in [9.17, 15) is 0 Å². The minimum absolute atomic E-state index is 0.352. The fourth-order valence-electron chi connectivity index (χ4n) is 5.22. The van der Waals surface area contributed by atoms with Gasteiger partial charge in [0.05, 0.1) is 21.9 Å². The number of pyridine rings is 2. The average Bonchev–Trinajstić information content (AvgIpc) is 3.67. The maximum atomic E-state index is 6.32. The quantitative estimate of drug-likeness (QED) is 0.251. The zero-order chi connectivity index (χ0) is 24.0. The number of nitrogens with one attached hydrogen (secondary N) is 2. The predicted octanol–water partition coefficient (Wildman–Crippen LogP) is 5.87. The number of hydrogen-bond donors (Lipinski definition) is 4. The molecule has 0 aliphatic carbocycles. The van der Waals surface area contributed by atoms with E-state index < -0.39 is 0 Å². The zero-order valence-electron chi connectivity index (χ0n) is 18.7. The van der Waals surface area contributed by atoms with E-state index in [0.29, 0.717) is 46.0 Å². The average molecular weight is 471 g/mol.